The summed E-state index contributed by atoms with van der Waals surface area (Å²) in [7, 11) is -9.95. The standard InChI is InChI=1S/C75H132O17P2/c1-5-9-13-17-21-25-29-33-34-38-40-44-48-52-56-60-73(78)86-66-71(92-75(80)62-58-54-50-46-42-37-32-28-24-20-16-12-8-4)68-90-94(83,84)88-64-69(76)63-87-93(81,82)89-67-70(91-74(79)61-57-53-49-45-41-36-31-27-23-19-15-11-7-3)65-85-72(77)59-55-51-47-43-39-35-30-26-22-18-14-10-6-2/h14-15,18-19,21,25-28,30-34,69-71,76H,5-13,16-17,20,22-24,29,35-68H2,1-4H3,(H,81,82)(H,83,84)/b18-14-,19-15-,25-21-,30-26-,31-27-,32-28-,34-33-. The van der Waals surface area contributed by atoms with Gasteiger partial charge in [-0.05, 0) is 135 Å². The maximum Gasteiger partial charge on any atom is 0.472 e. The molecule has 5 atom stereocenters. The van der Waals surface area contributed by atoms with Crippen molar-refractivity contribution in [3.05, 3.63) is 85.1 Å². The molecule has 544 valence electrons. The first-order valence-electron chi connectivity index (χ1n) is 36.8. The van der Waals surface area contributed by atoms with Crippen LogP contribution in [-0.2, 0) is 65.4 Å². The molecule has 0 aliphatic carbocycles. The molecule has 0 aliphatic heterocycles. The number of hydrogen-bond acceptors (Lipinski definition) is 15. The first kappa shape index (κ1) is 90.2. The molecule has 0 aromatic heterocycles. The Morgan fingerprint density at radius 3 is 0.862 bits per heavy atom. The molecule has 0 aromatic rings. The third kappa shape index (κ3) is 66.8. The van der Waals surface area contributed by atoms with E-state index in [1.807, 2.05) is 0 Å². The van der Waals surface area contributed by atoms with Gasteiger partial charge in [-0.3, -0.25) is 37.3 Å². The summed E-state index contributed by atoms with van der Waals surface area (Å²) in [5, 5.41) is 10.6. The molecule has 94 heavy (non-hydrogen) atoms. The fourth-order valence-electron chi connectivity index (χ4n) is 9.61. The molecule has 0 aromatic carbocycles. The number of esters is 4. The van der Waals surface area contributed by atoms with Crippen LogP contribution in [0.15, 0.2) is 85.1 Å². The van der Waals surface area contributed by atoms with Gasteiger partial charge in [0.2, 0.25) is 0 Å². The highest BCUT2D eigenvalue weighted by Gasteiger charge is 2.30. The van der Waals surface area contributed by atoms with Gasteiger partial charge in [0.15, 0.2) is 12.2 Å². The van der Waals surface area contributed by atoms with Crippen molar-refractivity contribution in [2.45, 2.75) is 329 Å². The van der Waals surface area contributed by atoms with Crippen LogP contribution in [0.4, 0.5) is 0 Å². The number of carbonyl (C=O) groups excluding carboxylic acids is 4. The Balaban J connectivity index is 5.35. The van der Waals surface area contributed by atoms with E-state index < -0.39 is 97.5 Å². The van der Waals surface area contributed by atoms with Gasteiger partial charge in [0, 0.05) is 25.7 Å². The summed E-state index contributed by atoms with van der Waals surface area (Å²) < 4.78 is 68.3. The van der Waals surface area contributed by atoms with Crippen LogP contribution >= 0.6 is 15.6 Å². The summed E-state index contributed by atoms with van der Waals surface area (Å²) in [6, 6.07) is 0. The van der Waals surface area contributed by atoms with E-state index in [0.29, 0.717) is 25.7 Å². The lowest BCUT2D eigenvalue weighted by atomic mass is 10.1. The van der Waals surface area contributed by atoms with Crippen LogP contribution in [0.5, 0.6) is 0 Å². The zero-order chi connectivity index (χ0) is 69.0. The Labute approximate surface area is 570 Å². The summed E-state index contributed by atoms with van der Waals surface area (Å²) in [6.07, 6.45) is 67.2. The number of aliphatic hydroxyl groups is 1. The Kier molecular flexibility index (Phi) is 65.1. The molecule has 0 saturated heterocycles. The van der Waals surface area contributed by atoms with Crippen LogP contribution in [0.25, 0.3) is 0 Å². The van der Waals surface area contributed by atoms with Crippen molar-refractivity contribution in [2.24, 2.45) is 0 Å². The Hall–Kier alpha value is -3.76. The number of aliphatic hydroxyl groups excluding tert-OH is 1. The molecule has 3 N–H and O–H groups in total. The van der Waals surface area contributed by atoms with E-state index in [1.165, 1.54) is 44.9 Å². The van der Waals surface area contributed by atoms with E-state index in [-0.39, 0.29) is 25.7 Å². The number of ether oxygens (including phenoxy) is 4. The number of rotatable bonds is 69. The van der Waals surface area contributed by atoms with E-state index in [1.54, 1.807) is 0 Å². The first-order chi connectivity index (χ1) is 45.7. The number of hydrogen-bond donors (Lipinski definition) is 3. The normalized spacial score (nSPS) is 14.5. The van der Waals surface area contributed by atoms with Crippen molar-refractivity contribution in [1.82, 2.24) is 0 Å². The van der Waals surface area contributed by atoms with Gasteiger partial charge in [-0.1, -0.05) is 235 Å². The lowest BCUT2D eigenvalue weighted by Gasteiger charge is -2.21. The Bertz CT molecular complexity index is 2120. The zero-order valence-corrected chi connectivity index (χ0v) is 60.9. The maximum atomic E-state index is 13.0. The maximum absolute atomic E-state index is 13.0. The van der Waals surface area contributed by atoms with Gasteiger partial charge in [0.05, 0.1) is 26.4 Å². The van der Waals surface area contributed by atoms with Crippen molar-refractivity contribution < 1.29 is 80.2 Å². The van der Waals surface area contributed by atoms with Crippen LogP contribution in [0.1, 0.15) is 310 Å². The Morgan fingerprint density at radius 2 is 0.543 bits per heavy atom. The zero-order valence-electron chi connectivity index (χ0n) is 59.1. The minimum absolute atomic E-state index is 0.0761. The average molecular weight is 1370 g/mol. The minimum atomic E-state index is -4.97. The van der Waals surface area contributed by atoms with Gasteiger partial charge in [0.1, 0.15) is 19.3 Å². The lowest BCUT2D eigenvalue weighted by Crippen LogP contribution is -2.30. The molecule has 0 saturated carbocycles. The fraction of sp³-hybridized carbons (Fsp3) is 0.760. The molecule has 0 amide bonds. The molecule has 0 spiro atoms. The highest BCUT2D eigenvalue weighted by Crippen LogP contribution is 2.45. The molecule has 17 nitrogen and oxygen atoms in total. The second-order valence-corrected chi connectivity index (χ2v) is 27.4. The molecule has 19 heteroatoms. The summed E-state index contributed by atoms with van der Waals surface area (Å²) in [6.45, 7) is 4.65. The van der Waals surface area contributed by atoms with E-state index in [9.17, 15) is 43.2 Å². The third-order valence-corrected chi connectivity index (χ3v) is 17.2. The quantitative estimate of drug-likeness (QED) is 0.0169. The van der Waals surface area contributed by atoms with Gasteiger partial charge in [-0.25, -0.2) is 9.13 Å². The van der Waals surface area contributed by atoms with Crippen molar-refractivity contribution in [3.63, 3.8) is 0 Å². The van der Waals surface area contributed by atoms with E-state index in [2.05, 4.69) is 113 Å². The fourth-order valence-corrected chi connectivity index (χ4v) is 11.2. The van der Waals surface area contributed by atoms with Crippen molar-refractivity contribution in [1.29, 1.82) is 0 Å². The predicted molar refractivity (Wildman–Crippen MR) is 381 cm³/mol. The molecule has 0 radical (unpaired) electrons. The molecular formula is C75H132O17P2. The number of allylic oxidation sites excluding steroid dienone is 14. The smallest absolute Gasteiger partial charge is 0.462 e. The van der Waals surface area contributed by atoms with E-state index >= 15 is 0 Å². The SMILES string of the molecule is CCC/C=C\C/C=C\CCCCCCCC(=O)OCC(COP(=O)(O)OCC(O)COP(=O)(O)OCC(COC(=O)CCCCCCC/C=C\C/C=C\CCCCC)OC(=O)CCCCCCC/C=C\CCCCCC)OC(=O)CCCCCCC/C=C\C/C=C\CCC. The Morgan fingerprint density at radius 1 is 0.298 bits per heavy atom. The largest absolute Gasteiger partial charge is 0.472 e. The van der Waals surface area contributed by atoms with Crippen LogP contribution in [0.3, 0.4) is 0 Å². The molecule has 0 aliphatic rings. The molecule has 5 unspecified atom stereocenters. The summed E-state index contributed by atoms with van der Waals surface area (Å²) in [5.74, 6) is -2.22. The molecule has 0 rings (SSSR count). The highest BCUT2D eigenvalue weighted by molar-refractivity contribution is 7.47. The number of phosphoric acid groups is 2. The minimum Gasteiger partial charge on any atom is -0.462 e. The van der Waals surface area contributed by atoms with Crippen LogP contribution in [0.2, 0.25) is 0 Å². The molecule has 0 heterocycles. The van der Waals surface area contributed by atoms with Crippen molar-refractivity contribution in [2.75, 3.05) is 39.6 Å². The van der Waals surface area contributed by atoms with Crippen molar-refractivity contribution in [3.8, 4) is 0 Å². The van der Waals surface area contributed by atoms with Gasteiger partial charge in [-0.2, -0.15) is 0 Å². The number of carbonyl (C=O) groups is 4. The average Bonchev–Trinajstić information content (AvgIpc) is 2.45. The van der Waals surface area contributed by atoms with Gasteiger partial charge in [0.25, 0.3) is 0 Å². The lowest BCUT2D eigenvalue weighted by molar-refractivity contribution is -0.161. The molecule has 0 bridgehead atoms. The monoisotopic (exact) mass is 1370 g/mol. The second-order valence-electron chi connectivity index (χ2n) is 24.5. The first-order valence-corrected chi connectivity index (χ1v) is 39.8. The summed E-state index contributed by atoms with van der Waals surface area (Å²) in [4.78, 5) is 72.7. The summed E-state index contributed by atoms with van der Waals surface area (Å²) in [5.41, 5.74) is 0. The van der Waals surface area contributed by atoms with Crippen LogP contribution in [0, 0.1) is 0 Å². The van der Waals surface area contributed by atoms with Gasteiger partial charge < -0.3 is 33.8 Å². The number of unbranched alkanes of at least 4 members (excludes halogenated alkanes) is 29. The van der Waals surface area contributed by atoms with Gasteiger partial charge >= 0.3 is 39.5 Å². The second kappa shape index (κ2) is 67.8. The van der Waals surface area contributed by atoms with Crippen LogP contribution < -0.4 is 0 Å². The molecular weight excluding hydrogens is 1230 g/mol. The predicted octanol–water partition coefficient (Wildman–Crippen LogP) is 20.7. The van der Waals surface area contributed by atoms with E-state index in [0.717, 1.165) is 186 Å². The number of phosphoric ester groups is 2. The highest BCUT2D eigenvalue weighted by atomic mass is 31.2. The molecule has 0 fully saturated rings. The van der Waals surface area contributed by atoms with E-state index in [4.69, 9.17) is 37.0 Å². The third-order valence-electron chi connectivity index (χ3n) is 15.3. The van der Waals surface area contributed by atoms with Crippen molar-refractivity contribution >= 4 is 39.5 Å². The van der Waals surface area contributed by atoms with Gasteiger partial charge in [-0.15, -0.1) is 0 Å². The summed E-state index contributed by atoms with van der Waals surface area (Å²) >= 11 is 0. The topological polar surface area (TPSA) is 237 Å². The van der Waals surface area contributed by atoms with Crippen LogP contribution in [-0.4, -0.2) is 96.7 Å².